The van der Waals surface area contributed by atoms with Gasteiger partial charge in [-0.1, -0.05) is 0 Å². The summed E-state index contributed by atoms with van der Waals surface area (Å²) in [6, 6.07) is -1.03. The third kappa shape index (κ3) is 1.01. The van der Waals surface area contributed by atoms with Crippen LogP contribution in [0.4, 0.5) is 9.59 Å². The van der Waals surface area contributed by atoms with Gasteiger partial charge in [0.05, 0.1) is 0 Å². The highest BCUT2D eigenvalue weighted by Gasteiger charge is 2.51. The molecule has 4 N–H and O–H groups in total. The Morgan fingerprint density at radius 1 is 1.00 bits per heavy atom. The molecule has 0 radical (unpaired) electrons. The van der Waals surface area contributed by atoms with Crippen LogP contribution in [0, 0.1) is 0 Å². The van der Waals surface area contributed by atoms with Gasteiger partial charge in [-0.15, -0.1) is 0 Å². The summed E-state index contributed by atoms with van der Waals surface area (Å²) in [7, 11) is 0. The number of azo groups is 4. The first-order valence-corrected chi connectivity index (χ1v) is 4.28. The summed E-state index contributed by atoms with van der Waals surface area (Å²) in [6.45, 7) is 0. The maximum absolute atomic E-state index is 11.0. The smallest absolute Gasteiger partial charge is 0.248 e. The summed E-state index contributed by atoms with van der Waals surface area (Å²) in [5.41, 5.74) is 10.3. The van der Waals surface area contributed by atoms with Crippen LogP contribution < -0.4 is 11.5 Å². The van der Waals surface area contributed by atoms with Gasteiger partial charge in [-0.3, -0.25) is 0 Å². The molecule has 2 unspecified atom stereocenters. The Morgan fingerprint density at radius 3 is 1.69 bits per heavy atom. The second-order valence-electron chi connectivity index (χ2n) is 3.49. The highest BCUT2D eigenvalue weighted by Crippen LogP contribution is 2.30. The third-order valence-corrected chi connectivity index (χ3v) is 2.75. The van der Waals surface area contributed by atoms with Crippen molar-refractivity contribution in [1.29, 1.82) is 0 Å². The largest absolute Gasteiger partial charge is 0.525 e. The second-order valence-corrected chi connectivity index (χ2v) is 3.49. The topological polar surface area (TPSA) is 92.2 Å². The predicted molar refractivity (Wildman–Crippen MR) is 41.1 cm³/mol. The van der Waals surface area contributed by atoms with E-state index in [9.17, 15) is 9.59 Å². The maximum atomic E-state index is 11.0. The average molecular weight is 184 g/mol. The van der Waals surface area contributed by atoms with Crippen LogP contribution in [-0.4, -0.2) is 33.5 Å². The Bertz CT molecular complexity index is 292. The van der Waals surface area contributed by atoms with E-state index in [0.29, 0.717) is 0 Å². The Morgan fingerprint density at radius 2 is 1.38 bits per heavy atom. The molecule has 0 aromatic carbocycles. The molecule has 6 heteroatoms. The van der Waals surface area contributed by atoms with Gasteiger partial charge in [-0.05, 0) is 22.2 Å². The molecule has 2 bridgehead atoms. The second kappa shape index (κ2) is 2.51. The van der Waals surface area contributed by atoms with E-state index < -0.39 is 12.1 Å². The number of nitrogens with two attached hydrogens (primary N) is 2. The molecule has 0 saturated heterocycles. The number of amides is 4. The number of nitrogens with zero attached hydrogens (tertiary/aromatic N) is 2. The molecule has 1 saturated carbocycles. The lowest BCUT2D eigenvalue weighted by Crippen LogP contribution is -2.44. The molecule has 1 aliphatic carbocycles. The van der Waals surface area contributed by atoms with Crippen LogP contribution in [-0.2, 0) is 0 Å². The predicted octanol–water partition coefficient (Wildman–Crippen LogP) is -0.444. The Kier molecular flexibility index (Phi) is 1.58. The van der Waals surface area contributed by atoms with Crippen LogP contribution in [0.3, 0.4) is 0 Å². The summed E-state index contributed by atoms with van der Waals surface area (Å²) in [5, 5.41) is 0. The van der Waals surface area contributed by atoms with E-state index in [1.54, 1.807) is 0 Å². The lowest BCUT2D eigenvalue weighted by molar-refractivity contribution is -0.942. The van der Waals surface area contributed by atoms with E-state index in [1.807, 2.05) is 0 Å². The zero-order chi connectivity index (χ0) is 9.59. The van der Waals surface area contributed by atoms with E-state index >= 15 is 0 Å². The molecule has 13 heavy (non-hydrogen) atoms. The minimum absolute atomic E-state index is 0.0787. The minimum Gasteiger partial charge on any atom is -0.248 e. The van der Waals surface area contributed by atoms with Gasteiger partial charge < -0.3 is 0 Å². The summed E-state index contributed by atoms with van der Waals surface area (Å²) in [5.74, 6) is 0. The maximum Gasteiger partial charge on any atom is 0.525 e. The zero-order valence-corrected chi connectivity index (χ0v) is 7.14. The number of carbonyl (C=O) groups is 2. The quantitative estimate of drug-likeness (QED) is 0.499. The van der Waals surface area contributed by atoms with Crippen molar-refractivity contribution in [2.75, 3.05) is 0 Å². The van der Waals surface area contributed by atoms with Gasteiger partial charge in [0.15, 0.2) is 0 Å². The van der Waals surface area contributed by atoms with Crippen molar-refractivity contribution in [2.24, 2.45) is 11.5 Å². The van der Waals surface area contributed by atoms with Crippen molar-refractivity contribution in [3.8, 4) is 0 Å². The van der Waals surface area contributed by atoms with Crippen molar-refractivity contribution < 1.29 is 19.0 Å². The van der Waals surface area contributed by atoms with Crippen LogP contribution in [0.15, 0.2) is 0 Å². The van der Waals surface area contributed by atoms with Crippen molar-refractivity contribution in [2.45, 2.75) is 31.3 Å². The number of primary amides is 2. The summed E-state index contributed by atoms with van der Waals surface area (Å²) >= 11 is 0. The van der Waals surface area contributed by atoms with Crippen LogP contribution in [0.5, 0.6) is 0 Å². The number of urea groups is 2. The standard InChI is InChI=1S/C7H10N4O2/c8-6(12)10-4-1-2-5(3-4)11(10)7(9)13/h4-5H,1-3H2,(H2-2,8,9,12,13)/p+2. The van der Waals surface area contributed by atoms with Crippen molar-refractivity contribution in [3.63, 3.8) is 0 Å². The van der Waals surface area contributed by atoms with Crippen LogP contribution >= 0.6 is 0 Å². The van der Waals surface area contributed by atoms with E-state index in [4.69, 9.17) is 11.5 Å². The number of rotatable bonds is 0. The first-order chi connectivity index (χ1) is 6.11. The SMILES string of the molecule is NC(=O)[N+]1=[N+](C(N)=O)C2CCC1C2. The lowest BCUT2D eigenvalue weighted by atomic mass is 10.2. The summed E-state index contributed by atoms with van der Waals surface area (Å²) in [4.78, 5) is 22.0. The summed E-state index contributed by atoms with van der Waals surface area (Å²) < 4.78 is 2.58. The minimum atomic E-state index is -0.592. The first-order valence-electron chi connectivity index (χ1n) is 4.28. The van der Waals surface area contributed by atoms with Gasteiger partial charge in [0.1, 0.15) is 12.1 Å². The fraction of sp³-hybridized carbons (Fsp3) is 0.714. The monoisotopic (exact) mass is 184 g/mol. The van der Waals surface area contributed by atoms with Gasteiger partial charge in [0.25, 0.3) is 0 Å². The Hall–Kier alpha value is -1.46. The van der Waals surface area contributed by atoms with Crippen LogP contribution in [0.2, 0.25) is 0 Å². The molecule has 0 spiro atoms. The zero-order valence-electron chi connectivity index (χ0n) is 7.14. The van der Waals surface area contributed by atoms with Gasteiger partial charge in [0.2, 0.25) is 0 Å². The number of hydrogen-bond acceptors (Lipinski definition) is 2. The molecule has 0 aromatic rings. The Labute approximate surface area is 74.8 Å². The van der Waals surface area contributed by atoms with Gasteiger partial charge in [-0.2, -0.15) is 9.59 Å². The normalized spacial score (nSPS) is 31.1. The van der Waals surface area contributed by atoms with Crippen molar-refractivity contribution in [1.82, 2.24) is 0 Å². The molecule has 6 nitrogen and oxygen atoms in total. The fourth-order valence-electron chi connectivity index (χ4n) is 2.30. The van der Waals surface area contributed by atoms with Crippen molar-refractivity contribution >= 4 is 12.1 Å². The first kappa shape index (κ1) is 8.15. The van der Waals surface area contributed by atoms with Crippen LogP contribution in [0.25, 0.3) is 0 Å². The Balaban J connectivity index is 2.46. The molecular weight excluding hydrogens is 172 g/mol. The third-order valence-electron chi connectivity index (χ3n) is 2.75. The number of carbonyl (C=O) groups excluding carboxylic acids is 2. The molecular formula is C7H12N4O2+2. The van der Waals surface area contributed by atoms with Gasteiger partial charge in [-0.25, -0.2) is 11.5 Å². The summed E-state index contributed by atoms with van der Waals surface area (Å²) in [6.07, 6.45) is 2.64. The molecule has 70 valence electrons. The molecule has 1 aliphatic heterocycles. The lowest BCUT2D eigenvalue weighted by Gasteiger charge is -2.08. The molecule has 2 rings (SSSR count). The number of hydrogen-bond donors (Lipinski definition) is 2. The molecule has 1 fully saturated rings. The van der Waals surface area contributed by atoms with E-state index in [-0.39, 0.29) is 12.1 Å². The van der Waals surface area contributed by atoms with Crippen LogP contribution in [0.1, 0.15) is 19.3 Å². The average Bonchev–Trinajstić information content (AvgIpc) is 2.60. The van der Waals surface area contributed by atoms with E-state index in [2.05, 4.69) is 0 Å². The molecule has 2 aliphatic rings. The van der Waals surface area contributed by atoms with E-state index in [1.165, 1.54) is 9.39 Å². The molecule has 4 amide bonds. The molecule has 1 heterocycles. The molecule has 0 aromatic heterocycles. The highest BCUT2D eigenvalue weighted by molar-refractivity contribution is 5.64. The van der Waals surface area contributed by atoms with Crippen molar-refractivity contribution in [3.05, 3.63) is 0 Å². The highest BCUT2D eigenvalue weighted by atomic mass is 16.2. The fourth-order valence-corrected chi connectivity index (χ4v) is 2.30. The van der Waals surface area contributed by atoms with Gasteiger partial charge >= 0.3 is 12.1 Å². The molecule has 2 atom stereocenters. The number of fused-ring (bicyclic) bond motifs is 2. The van der Waals surface area contributed by atoms with Gasteiger partial charge in [0, 0.05) is 6.42 Å². The van der Waals surface area contributed by atoms with E-state index in [0.717, 1.165) is 19.3 Å².